The maximum absolute atomic E-state index is 13.2. The summed E-state index contributed by atoms with van der Waals surface area (Å²) in [4.78, 5) is 26.0. The normalized spacial score (nSPS) is 16.6. The summed E-state index contributed by atoms with van der Waals surface area (Å²) in [7, 11) is 0. The summed E-state index contributed by atoms with van der Waals surface area (Å²) in [5.74, 6) is -1.45. The van der Waals surface area contributed by atoms with Gasteiger partial charge in [0, 0.05) is 21.8 Å². The molecule has 0 saturated heterocycles. The number of carbonyl (C=O) groups is 2. The molecule has 0 aliphatic carbocycles. The Morgan fingerprint density at radius 2 is 2.03 bits per heavy atom. The van der Waals surface area contributed by atoms with Crippen LogP contribution in [0.15, 0.2) is 41.7 Å². The Morgan fingerprint density at radius 3 is 2.72 bits per heavy atom. The number of rotatable bonds is 7. The first-order valence-electron chi connectivity index (χ1n) is 9.63. The van der Waals surface area contributed by atoms with Gasteiger partial charge in [-0.2, -0.15) is 5.10 Å². The third kappa shape index (κ3) is 4.29. The molecule has 0 fully saturated rings. The van der Waals surface area contributed by atoms with E-state index in [0.29, 0.717) is 34.1 Å². The molecule has 1 aromatic heterocycles. The number of nitrogens with zero attached hydrogens (tertiary/aromatic N) is 1. The lowest BCUT2D eigenvalue weighted by molar-refractivity contribution is -0.152. The second-order valence-corrected chi connectivity index (χ2v) is 7.13. The maximum atomic E-state index is 13.2. The molecule has 1 aliphatic heterocycles. The number of anilines is 1. The summed E-state index contributed by atoms with van der Waals surface area (Å²) in [6.07, 6.45) is 2.30. The number of fused-ring (bicyclic) bond motifs is 1. The highest BCUT2D eigenvalue weighted by atomic mass is 35.5. The zero-order valence-corrected chi connectivity index (χ0v) is 17.4. The number of halogens is 1. The number of hydrogen-bond donors (Lipinski definition) is 2. The van der Waals surface area contributed by atoms with Crippen molar-refractivity contribution in [2.24, 2.45) is 0 Å². The van der Waals surface area contributed by atoms with Gasteiger partial charge in [-0.25, -0.2) is 4.79 Å². The van der Waals surface area contributed by atoms with Crippen LogP contribution in [-0.4, -0.2) is 28.7 Å². The van der Waals surface area contributed by atoms with Gasteiger partial charge in [0.15, 0.2) is 0 Å². The number of aromatic nitrogens is 2. The molecule has 0 spiro atoms. The van der Waals surface area contributed by atoms with Gasteiger partial charge in [0.25, 0.3) is 0 Å². The van der Waals surface area contributed by atoms with Gasteiger partial charge in [-0.3, -0.25) is 9.89 Å². The van der Waals surface area contributed by atoms with Crippen molar-refractivity contribution in [1.29, 1.82) is 0 Å². The predicted octanol–water partition coefficient (Wildman–Crippen LogP) is 4.49. The van der Waals surface area contributed by atoms with Gasteiger partial charge in [-0.05, 0) is 26.3 Å². The fraction of sp³-hybridized carbons (Fsp3) is 0.381. The number of H-pyrrole nitrogens is 1. The molecule has 29 heavy (non-hydrogen) atoms. The van der Waals surface area contributed by atoms with E-state index in [0.717, 1.165) is 6.42 Å². The number of aromatic amines is 1. The molecule has 0 bridgehead atoms. The number of carbonyl (C=O) groups excluding carboxylic acids is 2. The van der Waals surface area contributed by atoms with E-state index >= 15 is 0 Å². The van der Waals surface area contributed by atoms with Crippen LogP contribution in [0.5, 0.6) is 0 Å². The lowest BCUT2D eigenvalue weighted by Gasteiger charge is -2.28. The molecule has 7 nitrogen and oxygen atoms in total. The Bertz CT molecular complexity index is 938. The quantitative estimate of drug-likeness (QED) is 0.644. The Morgan fingerprint density at radius 1 is 1.28 bits per heavy atom. The van der Waals surface area contributed by atoms with Crippen molar-refractivity contribution in [3.63, 3.8) is 0 Å². The van der Waals surface area contributed by atoms with Gasteiger partial charge in [0.2, 0.25) is 0 Å². The third-order valence-electron chi connectivity index (χ3n) is 4.74. The first kappa shape index (κ1) is 20.9. The molecule has 3 rings (SSSR count). The molecule has 0 radical (unpaired) electrons. The zero-order chi connectivity index (χ0) is 21.0. The van der Waals surface area contributed by atoms with Gasteiger partial charge in [0.05, 0.1) is 18.4 Å². The number of allylic oxidation sites excluding steroid dienone is 1. The van der Waals surface area contributed by atoms with Crippen LogP contribution >= 0.6 is 11.6 Å². The van der Waals surface area contributed by atoms with E-state index in [9.17, 15) is 9.59 Å². The Kier molecular flexibility index (Phi) is 6.59. The van der Waals surface area contributed by atoms with Crippen LogP contribution in [0.3, 0.4) is 0 Å². The molecule has 1 aromatic carbocycles. The van der Waals surface area contributed by atoms with E-state index in [2.05, 4.69) is 15.5 Å². The fourth-order valence-electron chi connectivity index (χ4n) is 3.41. The molecule has 2 aromatic rings. The molecule has 0 amide bonds. The van der Waals surface area contributed by atoms with Crippen molar-refractivity contribution < 1.29 is 19.1 Å². The van der Waals surface area contributed by atoms with Gasteiger partial charge in [-0.15, -0.1) is 0 Å². The van der Waals surface area contributed by atoms with Crippen LogP contribution in [0.4, 0.5) is 5.82 Å². The largest absolute Gasteiger partial charge is 0.463 e. The SMILES string of the molecule is CCCC1=C(C(=O)OCC)C(C(=O)OC(C)c2ccccc2Cl)c2cn[nH]c2N1. The molecule has 154 valence electrons. The van der Waals surface area contributed by atoms with Crippen LogP contribution in [0.2, 0.25) is 5.02 Å². The van der Waals surface area contributed by atoms with Crippen molar-refractivity contribution in [3.05, 3.63) is 57.9 Å². The lowest BCUT2D eigenvalue weighted by atomic mass is 9.87. The highest BCUT2D eigenvalue weighted by Gasteiger charge is 2.40. The fourth-order valence-corrected chi connectivity index (χ4v) is 3.70. The van der Waals surface area contributed by atoms with Crippen molar-refractivity contribution >= 4 is 29.4 Å². The minimum atomic E-state index is -0.935. The van der Waals surface area contributed by atoms with Crippen LogP contribution < -0.4 is 5.32 Å². The summed E-state index contributed by atoms with van der Waals surface area (Å²) >= 11 is 6.24. The van der Waals surface area contributed by atoms with E-state index in [-0.39, 0.29) is 12.2 Å². The van der Waals surface area contributed by atoms with Gasteiger partial charge < -0.3 is 14.8 Å². The molecule has 2 N–H and O–H groups in total. The highest BCUT2D eigenvalue weighted by molar-refractivity contribution is 6.31. The van der Waals surface area contributed by atoms with Crippen molar-refractivity contribution in [3.8, 4) is 0 Å². The van der Waals surface area contributed by atoms with E-state index in [1.165, 1.54) is 6.20 Å². The lowest BCUT2D eigenvalue weighted by Crippen LogP contribution is -2.30. The summed E-state index contributed by atoms with van der Waals surface area (Å²) in [5.41, 5.74) is 2.14. The molecular formula is C21H24ClN3O4. The molecule has 8 heteroatoms. The smallest absolute Gasteiger partial charge is 0.337 e. The summed E-state index contributed by atoms with van der Waals surface area (Å²) in [6, 6.07) is 7.18. The van der Waals surface area contributed by atoms with E-state index < -0.39 is 24.0 Å². The van der Waals surface area contributed by atoms with Gasteiger partial charge in [-0.1, -0.05) is 43.1 Å². The Hall–Kier alpha value is -2.80. The van der Waals surface area contributed by atoms with Crippen LogP contribution in [0, 0.1) is 0 Å². The Labute approximate surface area is 174 Å². The van der Waals surface area contributed by atoms with E-state index in [4.69, 9.17) is 21.1 Å². The van der Waals surface area contributed by atoms with Crippen molar-refractivity contribution in [2.75, 3.05) is 11.9 Å². The average molecular weight is 418 g/mol. The molecule has 2 heterocycles. The molecule has 0 saturated carbocycles. The van der Waals surface area contributed by atoms with Crippen LogP contribution in [0.1, 0.15) is 56.8 Å². The van der Waals surface area contributed by atoms with Gasteiger partial charge >= 0.3 is 11.9 Å². The zero-order valence-electron chi connectivity index (χ0n) is 16.6. The first-order valence-corrected chi connectivity index (χ1v) is 10.0. The number of esters is 2. The monoisotopic (exact) mass is 417 g/mol. The van der Waals surface area contributed by atoms with Crippen LogP contribution in [-0.2, 0) is 19.1 Å². The highest BCUT2D eigenvalue weighted by Crippen LogP contribution is 2.40. The maximum Gasteiger partial charge on any atom is 0.337 e. The summed E-state index contributed by atoms with van der Waals surface area (Å²) in [5, 5.41) is 10.6. The van der Waals surface area contributed by atoms with Crippen molar-refractivity contribution in [2.45, 2.75) is 45.6 Å². The summed E-state index contributed by atoms with van der Waals surface area (Å²) in [6.45, 7) is 5.67. The van der Waals surface area contributed by atoms with E-state index in [1.807, 2.05) is 19.1 Å². The molecular weight excluding hydrogens is 394 g/mol. The topological polar surface area (TPSA) is 93.3 Å². The minimum Gasteiger partial charge on any atom is -0.463 e. The number of nitrogens with one attached hydrogen (secondary N) is 2. The van der Waals surface area contributed by atoms with Gasteiger partial charge in [0.1, 0.15) is 17.8 Å². The average Bonchev–Trinajstić information content (AvgIpc) is 3.15. The standard InChI is InChI=1S/C21H24ClN3O4/c1-4-8-16-18(20(26)28-5-2)17(14-11-23-25-19(14)24-16)21(27)29-12(3)13-9-6-7-10-15(13)22/h6-7,9-12,17H,4-5,8H2,1-3H3,(H2,23,24,25). The third-order valence-corrected chi connectivity index (χ3v) is 5.08. The minimum absolute atomic E-state index is 0.206. The van der Waals surface area contributed by atoms with E-state index in [1.54, 1.807) is 26.0 Å². The van der Waals surface area contributed by atoms with Crippen molar-refractivity contribution in [1.82, 2.24) is 10.2 Å². The van der Waals surface area contributed by atoms with Crippen LogP contribution in [0.25, 0.3) is 0 Å². The second-order valence-electron chi connectivity index (χ2n) is 6.72. The summed E-state index contributed by atoms with van der Waals surface area (Å²) < 4.78 is 11.0. The number of ether oxygens (including phenoxy) is 2. The first-order chi connectivity index (χ1) is 14.0. The second kappa shape index (κ2) is 9.13. The predicted molar refractivity (Wildman–Crippen MR) is 109 cm³/mol. The Balaban J connectivity index is 1.98. The molecule has 2 unspecified atom stereocenters. The molecule has 1 aliphatic rings. The number of hydrogen-bond acceptors (Lipinski definition) is 6. The molecule has 2 atom stereocenters. The number of benzene rings is 1.